The van der Waals surface area contributed by atoms with E-state index in [2.05, 4.69) is 361 Å². The molecule has 0 aliphatic rings. The van der Waals surface area contributed by atoms with E-state index in [4.69, 9.17) is 0 Å². The molecule has 0 fully saturated rings. The van der Waals surface area contributed by atoms with Crippen LogP contribution in [0.1, 0.15) is 523 Å². The van der Waals surface area contributed by atoms with Crippen molar-refractivity contribution >= 4 is 0 Å². The summed E-state index contributed by atoms with van der Waals surface area (Å²) in [4.78, 5) is 42.9. The highest BCUT2D eigenvalue weighted by Crippen LogP contribution is 2.35. The maximum Gasteiger partial charge on any atom is 0.115 e. The fraction of sp³-hybridized carbons (Fsp3) is 0.648. The predicted octanol–water partition coefficient (Wildman–Crippen LogP) is 34.7. The Morgan fingerprint density at radius 1 is 0.186 bits per heavy atom. The van der Waals surface area contributed by atoms with Gasteiger partial charge in [0.05, 0.1) is 17.1 Å². The standard InChI is InChI=1S/C13H21N.2C12H20N2.C12H18.3C11H17N.C10H16N2.8C2H6/c1-12(2,3)10-7-8-14-9-11(10)13(4,5)6;1-11(2,3)9-7-13-8-14-10(9)12(4,5)6;1-11(2,3)9-10(12(4,5)6)14-8-7-13-9;1-9(2)11-7-5-6-8-12(11)10(3)4;1-8(2)10-5-6-12-7-11(10)9(3)4;2*1-8(2)10-6-5-7-12-11(10)9(3)4;1-7(2)9-5-11-6-12-10(9)8(3)4;8*1-2/h7-9H,1-6H3;2*7-8H,1-6H3;5-10H,1-4H3;3*5-9H,1-4H3;5-8H,1-4H3;8*1-2H3. The van der Waals surface area contributed by atoms with Crippen LogP contribution in [0.2, 0.25) is 0 Å². The van der Waals surface area contributed by atoms with Gasteiger partial charge in [-0.05, 0) is 155 Å². The lowest BCUT2D eigenvalue weighted by atomic mass is 9.76. The van der Waals surface area contributed by atoms with Crippen LogP contribution in [-0.4, -0.2) is 49.8 Å². The van der Waals surface area contributed by atoms with Gasteiger partial charge in [-0.3, -0.25) is 29.9 Å². The van der Waals surface area contributed by atoms with Gasteiger partial charge in [0, 0.05) is 95.3 Å². The van der Waals surface area contributed by atoms with Crippen LogP contribution in [0, 0.1) is 0 Å². The van der Waals surface area contributed by atoms with Crippen LogP contribution in [0.4, 0.5) is 0 Å². The molecule has 10 nitrogen and oxygen atoms in total. The number of rotatable bonds is 10. The number of nitrogens with zero attached hydrogens (tertiary/aromatic N) is 10. The Balaban J connectivity index is -0.000000190. The first kappa shape index (κ1) is 127. The third kappa shape index (κ3) is 51.6. The molecule has 0 spiro atoms. The van der Waals surface area contributed by atoms with Gasteiger partial charge >= 0.3 is 0 Å². The van der Waals surface area contributed by atoms with Crippen molar-refractivity contribution in [2.45, 2.75) is 466 Å². The van der Waals surface area contributed by atoms with E-state index in [9.17, 15) is 0 Å². The Labute approximate surface area is 736 Å². The SMILES string of the molecule is CC.CC.CC.CC.CC.CC.CC.CC.CC(C)(C)c1ccncc1C(C)(C)C.CC(C)(C)c1cncnc1C(C)(C)C.CC(C)(C)c1nccnc1C(C)(C)C.CC(C)c1ccccc1C(C)C.CC(C)c1cccnc1C(C)C.CC(C)c1cccnc1C(C)C.CC(C)c1ccncc1C(C)C.CC(C)c1cncnc1C(C)C. The maximum atomic E-state index is 4.45. The van der Waals surface area contributed by atoms with Crippen LogP contribution in [0.25, 0.3) is 0 Å². The Kier molecular flexibility index (Phi) is 72.7. The van der Waals surface area contributed by atoms with Crippen molar-refractivity contribution in [3.8, 4) is 0 Å². The van der Waals surface area contributed by atoms with Crippen LogP contribution in [0.3, 0.4) is 0 Å². The largest absolute Gasteiger partial charge is 0.264 e. The van der Waals surface area contributed by atoms with Crippen molar-refractivity contribution < 1.29 is 0 Å². The summed E-state index contributed by atoms with van der Waals surface area (Å²) >= 11 is 0. The third-order valence-electron chi connectivity index (χ3n) is 17.2. The highest BCUT2D eigenvalue weighted by molar-refractivity contribution is 5.36. The predicted molar refractivity (Wildman–Crippen MR) is 533 cm³/mol. The van der Waals surface area contributed by atoms with Crippen LogP contribution < -0.4 is 0 Å². The smallest absolute Gasteiger partial charge is 0.115 e. The van der Waals surface area contributed by atoms with Gasteiger partial charge in [0.1, 0.15) is 12.7 Å². The molecule has 0 saturated carbocycles. The van der Waals surface area contributed by atoms with E-state index in [1.54, 1.807) is 25.0 Å². The number of hydrogen-bond acceptors (Lipinski definition) is 10. The molecule has 0 aliphatic carbocycles. The summed E-state index contributed by atoms with van der Waals surface area (Å²) < 4.78 is 0. The molecule has 0 bridgehead atoms. The lowest BCUT2D eigenvalue weighted by molar-refractivity contribution is 0.498. The number of aromatic nitrogens is 10. The van der Waals surface area contributed by atoms with Gasteiger partial charge in [-0.25, -0.2) is 19.9 Å². The minimum absolute atomic E-state index is 0.0663. The summed E-state index contributed by atoms with van der Waals surface area (Å²) in [6.45, 7) is 116. The van der Waals surface area contributed by atoms with Crippen molar-refractivity contribution in [1.29, 1.82) is 0 Å². The molecule has 0 saturated heterocycles. The van der Waals surface area contributed by atoms with Gasteiger partial charge in [0.15, 0.2) is 0 Å². The summed E-state index contributed by atoms with van der Waals surface area (Å²) in [5, 5.41) is 0. The summed E-state index contributed by atoms with van der Waals surface area (Å²) in [5.74, 6) is 5.70. The molecule has 118 heavy (non-hydrogen) atoms. The fourth-order valence-corrected chi connectivity index (χ4v) is 11.6. The number of benzene rings is 1. The average molecular weight is 1630 g/mol. The average Bonchev–Trinajstić information content (AvgIpc) is 0.809. The number of hydrogen-bond donors (Lipinski definition) is 0. The highest BCUT2D eigenvalue weighted by Gasteiger charge is 2.29. The molecule has 10 heteroatoms. The molecule has 676 valence electrons. The fourth-order valence-electron chi connectivity index (χ4n) is 11.6. The van der Waals surface area contributed by atoms with Crippen molar-refractivity contribution in [3.05, 3.63) is 225 Å². The van der Waals surface area contributed by atoms with Gasteiger partial charge in [-0.15, -0.1) is 0 Å². The quantitative estimate of drug-likeness (QED) is 0.130. The van der Waals surface area contributed by atoms with E-state index < -0.39 is 0 Å². The molecule has 0 N–H and O–H groups in total. The summed E-state index contributed by atoms with van der Waals surface area (Å²) in [7, 11) is 0. The first-order chi connectivity index (χ1) is 54.8. The molecule has 0 amide bonds. The molecule has 0 aliphatic heterocycles. The van der Waals surface area contributed by atoms with E-state index >= 15 is 0 Å². The van der Waals surface area contributed by atoms with Gasteiger partial charge in [-0.2, -0.15) is 0 Å². The van der Waals surface area contributed by atoms with E-state index in [0.29, 0.717) is 59.2 Å². The molecular weight excluding hydrogens is 1440 g/mol. The summed E-state index contributed by atoms with van der Waals surface area (Å²) in [6.07, 6.45) is 22.2. The summed E-state index contributed by atoms with van der Waals surface area (Å²) in [6, 6.07) is 21.4. The molecule has 7 heterocycles. The molecule has 1 aromatic carbocycles. The molecule has 8 rings (SSSR count). The highest BCUT2D eigenvalue weighted by atomic mass is 14.8. The van der Waals surface area contributed by atoms with Gasteiger partial charge in [0.2, 0.25) is 0 Å². The summed E-state index contributed by atoms with van der Waals surface area (Å²) in [5.41, 5.74) is 21.6. The van der Waals surface area contributed by atoms with Gasteiger partial charge in [-0.1, -0.05) is 410 Å². The molecule has 7 aromatic heterocycles. The Morgan fingerprint density at radius 3 is 0.712 bits per heavy atom. The van der Waals surface area contributed by atoms with E-state index in [1.165, 1.54) is 72.7 Å². The Bertz CT molecular complexity index is 2920. The zero-order chi connectivity index (χ0) is 94.6. The topological polar surface area (TPSA) is 129 Å². The van der Waals surface area contributed by atoms with Gasteiger partial charge in [0.25, 0.3) is 0 Å². The van der Waals surface area contributed by atoms with Crippen LogP contribution >= 0.6 is 0 Å². The van der Waals surface area contributed by atoms with E-state index in [-0.39, 0.29) is 32.5 Å². The lowest BCUT2D eigenvalue weighted by Crippen LogP contribution is -2.24. The zero-order valence-corrected chi connectivity index (χ0v) is 87.9. The maximum absolute atomic E-state index is 4.45. The first-order valence-corrected chi connectivity index (χ1v) is 46.1. The van der Waals surface area contributed by atoms with Crippen LogP contribution in [0.5, 0.6) is 0 Å². The molecular formula is C108H194N10. The van der Waals surface area contributed by atoms with Crippen molar-refractivity contribution in [2.75, 3.05) is 0 Å². The van der Waals surface area contributed by atoms with E-state index in [1.807, 2.05) is 172 Å². The first-order valence-electron chi connectivity index (χ1n) is 46.1. The molecule has 0 unspecified atom stereocenters. The Hall–Kier alpha value is -6.94. The zero-order valence-electron chi connectivity index (χ0n) is 87.9. The van der Waals surface area contributed by atoms with Crippen LogP contribution in [-0.2, 0) is 32.5 Å². The molecule has 8 aromatic rings. The Morgan fingerprint density at radius 2 is 0.449 bits per heavy atom. The van der Waals surface area contributed by atoms with Crippen molar-refractivity contribution in [1.82, 2.24) is 49.8 Å². The van der Waals surface area contributed by atoms with E-state index in [0.717, 1.165) is 17.1 Å². The number of pyridine rings is 4. The second kappa shape index (κ2) is 67.7. The van der Waals surface area contributed by atoms with Crippen molar-refractivity contribution in [2.24, 2.45) is 0 Å². The van der Waals surface area contributed by atoms with Crippen molar-refractivity contribution in [3.63, 3.8) is 0 Å². The molecule has 0 radical (unpaired) electrons. The second-order valence-electron chi connectivity index (χ2n) is 36.5. The van der Waals surface area contributed by atoms with Gasteiger partial charge < -0.3 is 0 Å². The molecule has 0 atom stereocenters. The lowest BCUT2D eigenvalue weighted by Gasteiger charge is -2.29. The minimum Gasteiger partial charge on any atom is -0.264 e. The van der Waals surface area contributed by atoms with Crippen LogP contribution in [0.15, 0.2) is 135 Å². The minimum atomic E-state index is 0.0663. The second-order valence-corrected chi connectivity index (χ2v) is 36.5. The third-order valence-corrected chi connectivity index (χ3v) is 17.2. The normalized spacial score (nSPS) is 10.7. The monoisotopic (exact) mass is 1630 g/mol.